The molecule has 0 spiro atoms. The minimum Gasteiger partial charge on any atom is -0.497 e. The molecular formula is C20H28N2O. The lowest BCUT2D eigenvalue weighted by Crippen LogP contribution is -2.36. The van der Waals surface area contributed by atoms with Gasteiger partial charge >= 0.3 is 0 Å². The molecule has 1 aliphatic heterocycles. The quantitative estimate of drug-likeness (QED) is 0.868. The van der Waals surface area contributed by atoms with Crippen molar-refractivity contribution in [3.63, 3.8) is 0 Å². The van der Waals surface area contributed by atoms with Gasteiger partial charge in [0.05, 0.1) is 12.6 Å². The summed E-state index contributed by atoms with van der Waals surface area (Å²) >= 11 is 0. The molecule has 0 saturated carbocycles. The molecule has 0 bridgehead atoms. The van der Waals surface area contributed by atoms with Crippen molar-refractivity contribution < 1.29 is 4.74 Å². The fourth-order valence-electron chi connectivity index (χ4n) is 3.92. The van der Waals surface area contributed by atoms with Gasteiger partial charge in [0.1, 0.15) is 5.75 Å². The van der Waals surface area contributed by atoms with Crippen LogP contribution in [0.25, 0.3) is 10.9 Å². The Kier molecular flexibility index (Phi) is 5.50. The molecule has 1 fully saturated rings. The van der Waals surface area contributed by atoms with E-state index in [-0.39, 0.29) is 0 Å². The predicted octanol–water partition coefficient (Wildman–Crippen LogP) is 4.20. The SMILES string of the molecule is CC[C@@H]1CNCC[C@@H]1CCCc1ccnc2ccc(OC)cc12. The van der Waals surface area contributed by atoms with E-state index in [1.54, 1.807) is 7.11 Å². The summed E-state index contributed by atoms with van der Waals surface area (Å²) in [6.45, 7) is 4.72. The van der Waals surface area contributed by atoms with Gasteiger partial charge in [0.15, 0.2) is 0 Å². The lowest BCUT2D eigenvalue weighted by atomic mass is 9.81. The number of ether oxygens (including phenoxy) is 1. The Morgan fingerprint density at radius 2 is 2.17 bits per heavy atom. The Labute approximate surface area is 139 Å². The smallest absolute Gasteiger partial charge is 0.119 e. The third kappa shape index (κ3) is 3.84. The molecule has 0 amide bonds. The van der Waals surface area contributed by atoms with Crippen LogP contribution in [0.2, 0.25) is 0 Å². The van der Waals surface area contributed by atoms with Gasteiger partial charge in [0.25, 0.3) is 0 Å². The molecule has 0 aliphatic carbocycles. The van der Waals surface area contributed by atoms with Gasteiger partial charge < -0.3 is 10.1 Å². The van der Waals surface area contributed by atoms with E-state index < -0.39 is 0 Å². The molecule has 1 aliphatic rings. The molecule has 2 aromatic rings. The maximum atomic E-state index is 5.37. The number of benzene rings is 1. The highest BCUT2D eigenvalue weighted by molar-refractivity contribution is 5.83. The molecule has 1 aromatic heterocycles. The second-order valence-electron chi connectivity index (χ2n) is 6.67. The number of piperidine rings is 1. The molecule has 0 radical (unpaired) electrons. The third-order valence-electron chi connectivity index (χ3n) is 5.35. The summed E-state index contributed by atoms with van der Waals surface area (Å²) in [4.78, 5) is 4.48. The number of hydrogen-bond acceptors (Lipinski definition) is 3. The molecular weight excluding hydrogens is 284 g/mol. The van der Waals surface area contributed by atoms with Crippen LogP contribution < -0.4 is 10.1 Å². The molecule has 23 heavy (non-hydrogen) atoms. The molecule has 2 heterocycles. The molecule has 124 valence electrons. The summed E-state index contributed by atoms with van der Waals surface area (Å²) in [5, 5.41) is 4.78. The van der Waals surface area contributed by atoms with Crippen molar-refractivity contribution in [2.45, 2.75) is 39.0 Å². The van der Waals surface area contributed by atoms with Crippen LogP contribution >= 0.6 is 0 Å². The summed E-state index contributed by atoms with van der Waals surface area (Å²) in [5.41, 5.74) is 2.47. The zero-order valence-electron chi connectivity index (χ0n) is 14.3. The van der Waals surface area contributed by atoms with E-state index in [9.17, 15) is 0 Å². The monoisotopic (exact) mass is 312 g/mol. The van der Waals surface area contributed by atoms with Gasteiger partial charge in [-0.1, -0.05) is 13.3 Å². The van der Waals surface area contributed by atoms with E-state index in [4.69, 9.17) is 4.74 Å². The Morgan fingerprint density at radius 3 is 3.00 bits per heavy atom. The van der Waals surface area contributed by atoms with Crippen LogP contribution in [0.5, 0.6) is 5.75 Å². The highest BCUT2D eigenvalue weighted by atomic mass is 16.5. The van der Waals surface area contributed by atoms with Crippen molar-refractivity contribution in [1.82, 2.24) is 10.3 Å². The van der Waals surface area contributed by atoms with Crippen LogP contribution in [0.4, 0.5) is 0 Å². The van der Waals surface area contributed by atoms with E-state index in [1.807, 2.05) is 12.3 Å². The number of fused-ring (bicyclic) bond motifs is 1. The number of pyridine rings is 1. The predicted molar refractivity (Wildman–Crippen MR) is 96.0 cm³/mol. The molecule has 2 atom stereocenters. The summed E-state index contributed by atoms with van der Waals surface area (Å²) in [7, 11) is 1.72. The third-order valence-corrected chi connectivity index (χ3v) is 5.35. The maximum absolute atomic E-state index is 5.37. The van der Waals surface area contributed by atoms with E-state index in [1.165, 1.54) is 49.7 Å². The summed E-state index contributed by atoms with van der Waals surface area (Å²) in [6.07, 6.45) is 8.30. The Hall–Kier alpha value is -1.61. The molecule has 1 saturated heterocycles. The van der Waals surface area contributed by atoms with Crippen molar-refractivity contribution in [2.75, 3.05) is 20.2 Å². The van der Waals surface area contributed by atoms with Crippen LogP contribution in [0.15, 0.2) is 30.5 Å². The van der Waals surface area contributed by atoms with Crippen molar-refractivity contribution in [3.8, 4) is 5.75 Å². The number of hydrogen-bond donors (Lipinski definition) is 1. The van der Waals surface area contributed by atoms with Crippen molar-refractivity contribution in [2.24, 2.45) is 11.8 Å². The molecule has 1 N–H and O–H groups in total. The van der Waals surface area contributed by atoms with Crippen LogP contribution in [-0.4, -0.2) is 25.2 Å². The van der Waals surface area contributed by atoms with Gasteiger partial charge in [0, 0.05) is 11.6 Å². The zero-order valence-corrected chi connectivity index (χ0v) is 14.3. The number of rotatable bonds is 6. The van der Waals surface area contributed by atoms with Gasteiger partial charge in [-0.2, -0.15) is 0 Å². The number of nitrogens with one attached hydrogen (secondary N) is 1. The summed E-state index contributed by atoms with van der Waals surface area (Å²) in [5.74, 6) is 2.66. The van der Waals surface area contributed by atoms with Crippen molar-refractivity contribution in [1.29, 1.82) is 0 Å². The zero-order chi connectivity index (χ0) is 16.1. The van der Waals surface area contributed by atoms with Crippen LogP contribution in [0.3, 0.4) is 0 Å². The van der Waals surface area contributed by atoms with Crippen molar-refractivity contribution >= 4 is 10.9 Å². The first-order chi connectivity index (χ1) is 11.3. The normalized spacial score (nSPS) is 21.5. The summed E-state index contributed by atoms with van der Waals surface area (Å²) < 4.78 is 5.37. The number of aromatic nitrogens is 1. The fourth-order valence-corrected chi connectivity index (χ4v) is 3.92. The summed E-state index contributed by atoms with van der Waals surface area (Å²) in [6, 6.07) is 8.33. The largest absolute Gasteiger partial charge is 0.497 e. The number of nitrogens with zero attached hydrogens (tertiary/aromatic N) is 1. The lowest BCUT2D eigenvalue weighted by Gasteiger charge is -2.31. The Bertz CT molecular complexity index is 641. The average Bonchev–Trinajstić information content (AvgIpc) is 2.62. The van der Waals surface area contributed by atoms with Gasteiger partial charge in [-0.15, -0.1) is 0 Å². The molecule has 3 heteroatoms. The lowest BCUT2D eigenvalue weighted by molar-refractivity contribution is 0.230. The Balaban J connectivity index is 1.67. The van der Waals surface area contributed by atoms with Gasteiger partial charge in [0.2, 0.25) is 0 Å². The van der Waals surface area contributed by atoms with Crippen LogP contribution in [0.1, 0.15) is 38.2 Å². The highest BCUT2D eigenvalue weighted by Crippen LogP contribution is 2.28. The molecule has 1 aromatic carbocycles. The van der Waals surface area contributed by atoms with Crippen molar-refractivity contribution in [3.05, 3.63) is 36.0 Å². The van der Waals surface area contributed by atoms with E-state index in [0.29, 0.717) is 0 Å². The van der Waals surface area contributed by atoms with Gasteiger partial charge in [-0.25, -0.2) is 0 Å². The standard InChI is InChI=1S/C20H28N2O/c1-3-15-14-21-11-9-16(15)5-4-6-17-10-12-22-20-8-7-18(23-2)13-19(17)20/h7-8,10,12-13,15-16,21H,3-6,9,11,14H2,1-2H3/t15-,16+/m1/s1. The number of methoxy groups -OCH3 is 1. The molecule has 3 nitrogen and oxygen atoms in total. The van der Waals surface area contributed by atoms with E-state index >= 15 is 0 Å². The first-order valence-corrected chi connectivity index (χ1v) is 8.94. The topological polar surface area (TPSA) is 34.2 Å². The second-order valence-corrected chi connectivity index (χ2v) is 6.67. The second kappa shape index (κ2) is 7.78. The average molecular weight is 312 g/mol. The first-order valence-electron chi connectivity index (χ1n) is 8.94. The minimum atomic E-state index is 0.859. The van der Waals surface area contributed by atoms with E-state index in [2.05, 4.69) is 35.4 Å². The van der Waals surface area contributed by atoms with Crippen LogP contribution in [-0.2, 0) is 6.42 Å². The molecule has 0 unspecified atom stereocenters. The highest BCUT2D eigenvalue weighted by Gasteiger charge is 2.22. The first kappa shape index (κ1) is 16.3. The Morgan fingerprint density at radius 1 is 1.26 bits per heavy atom. The maximum Gasteiger partial charge on any atom is 0.119 e. The van der Waals surface area contributed by atoms with Gasteiger partial charge in [-0.05, 0) is 80.4 Å². The van der Waals surface area contributed by atoms with E-state index in [0.717, 1.165) is 29.5 Å². The molecule has 3 rings (SSSR count). The fraction of sp³-hybridized carbons (Fsp3) is 0.550. The number of aryl methyl sites for hydroxylation is 1. The minimum absolute atomic E-state index is 0.859. The van der Waals surface area contributed by atoms with Crippen LogP contribution in [0, 0.1) is 11.8 Å². The van der Waals surface area contributed by atoms with Gasteiger partial charge in [-0.3, -0.25) is 4.98 Å².